The van der Waals surface area contributed by atoms with Crippen molar-refractivity contribution in [3.63, 3.8) is 0 Å². The van der Waals surface area contributed by atoms with Crippen molar-refractivity contribution in [3.05, 3.63) is 11.9 Å². The van der Waals surface area contributed by atoms with Crippen LogP contribution >= 0.6 is 0 Å². The fourth-order valence-electron chi connectivity index (χ4n) is 2.17. The van der Waals surface area contributed by atoms with Gasteiger partial charge in [-0.2, -0.15) is 0 Å². The van der Waals surface area contributed by atoms with Gasteiger partial charge in [-0.15, -0.1) is 0 Å². The lowest BCUT2D eigenvalue weighted by atomic mass is 10.2. The first-order chi connectivity index (χ1) is 9.28. The molecule has 1 aromatic heterocycles. The molecule has 106 valence electrons. The van der Waals surface area contributed by atoms with Gasteiger partial charge in [-0.05, 0) is 6.92 Å². The normalized spacial score (nSPS) is 19.5. The molecule has 2 rings (SSSR count). The Hall–Kier alpha value is -1.40. The lowest BCUT2D eigenvalue weighted by molar-refractivity contribution is 0.0722. The molecule has 1 aliphatic rings. The average Bonchev–Trinajstić information content (AvgIpc) is 2.47. The predicted octanol–water partition coefficient (Wildman–Crippen LogP) is 0.668. The SMILES string of the molecule is CCNc1cc(N2CCOCC2CO)nc(CC)n1. The van der Waals surface area contributed by atoms with E-state index in [0.717, 1.165) is 37.0 Å². The van der Waals surface area contributed by atoms with Crippen LogP contribution in [0, 0.1) is 0 Å². The minimum absolute atomic E-state index is 0.0252. The molecule has 0 spiro atoms. The van der Waals surface area contributed by atoms with E-state index in [0.29, 0.717) is 13.2 Å². The van der Waals surface area contributed by atoms with Gasteiger partial charge in [0.05, 0.1) is 25.9 Å². The summed E-state index contributed by atoms with van der Waals surface area (Å²) in [7, 11) is 0. The van der Waals surface area contributed by atoms with E-state index in [9.17, 15) is 5.11 Å². The molecule has 0 amide bonds. The number of aryl methyl sites for hydroxylation is 1. The second-order valence-electron chi connectivity index (χ2n) is 4.52. The topological polar surface area (TPSA) is 70.5 Å². The number of nitrogens with zero attached hydrogens (tertiary/aromatic N) is 3. The fraction of sp³-hybridized carbons (Fsp3) is 0.692. The molecule has 1 aromatic rings. The quantitative estimate of drug-likeness (QED) is 0.816. The number of aliphatic hydroxyl groups excluding tert-OH is 1. The lowest BCUT2D eigenvalue weighted by Gasteiger charge is -2.35. The summed E-state index contributed by atoms with van der Waals surface area (Å²) in [5, 5.41) is 12.7. The molecule has 0 aliphatic carbocycles. The molecule has 1 aliphatic heterocycles. The summed E-state index contributed by atoms with van der Waals surface area (Å²) in [6.45, 7) is 6.93. The van der Waals surface area contributed by atoms with Crippen molar-refractivity contribution < 1.29 is 9.84 Å². The van der Waals surface area contributed by atoms with E-state index in [4.69, 9.17) is 4.74 Å². The molecule has 0 aromatic carbocycles. The van der Waals surface area contributed by atoms with Gasteiger partial charge in [-0.25, -0.2) is 9.97 Å². The highest BCUT2D eigenvalue weighted by Gasteiger charge is 2.24. The van der Waals surface area contributed by atoms with Crippen molar-refractivity contribution >= 4 is 11.6 Å². The van der Waals surface area contributed by atoms with Crippen LogP contribution in [0.1, 0.15) is 19.7 Å². The first-order valence-electron chi connectivity index (χ1n) is 6.85. The third-order valence-corrected chi connectivity index (χ3v) is 3.17. The van der Waals surface area contributed by atoms with Crippen LogP contribution in [-0.2, 0) is 11.2 Å². The first-order valence-corrected chi connectivity index (χ1v) is 6.85. The number of nitrogens with one attached hydrogen (secondary N) is 1. The molecule has 2 heterocycles. The fourth-order valence-corrected chi connectivity index (χ4v) is 2.17. The summed E-state index contributed by atoms with van der Waals surface area (Å²) in [5.41, 5.74) is 0. The highest BCUT2D eigenvalue weighted by molar-refractivity contribution is 5.50. The van der Waals surface area contributed by atoms with Gasteiger partial charge >= 0.3 is 0 Å². The van der Waals surface area contributed by atoms with E-state index >= 15 is 0 Å². The van der Waals surface area contributed by atoms with Crippen LogP contribution in [0.5, 0.6) is 0 Å². The Balaban J connectivity index is 2.28. The van der Waals surface area contributed by atoms with E-state index in [1.54, 1.807) is 0 Å². The second-order valence-corrected chi connectivity index (χ2v) is 4.52. The van der Waals surface area contributed by atoms with E-state index in [1.807, 2.05) is 19.9 Å². The molecular formula is C13H22N4O2. The Labute approximate surface area is 113 Å². The average molecular weight is 266 g/mol. The molecular weight excluding hydrogens is 244 g/mol. The highest BCUT2D eigenvalue weighted by Crippen LogP contribution is 2.20. The number of ether oxygens (including phenoxy) is 1. The van der Waals surface area contributed by atoms with Crippen molar-refractivity contribution in [2.24, 2.45) is 0 Å². The smallest absolute Gasteiger partial charge is 0.134 e. The Morgan fingerprint density at radius 3 is 3.00 bits per heavy atom. The molecule has 0 saturated carbocycles. The van der Waals surface area contributed by atoms with Crippen molar-refractivity contribution in [3.8, 4) is 0 Å². The van der Waals surface area contributed by atoms with Crippen LogP contribution in [0.3, 0.4) is 0 Å². The standard InChI is InChI=1S/C13H22N4O2/c1-3-11-15-12(14-4-2)7-13(16-11)17-5-6-19-9-10(17)8-18/h7,10,18H,3-6,8-9H2,1-2H3,(H,14,15,16). The summed E-state index contributed by atoms with van der Waals surface area (Å²) in [4.78, 5) is 11.1. The number of morpholine rings is 1. The van der Waals surface area contributed by atoms with E-state index in [1.165, 1.54) is 0 Å². The molecule has 0 radical (unpaired) electrons. The van der Waals surface area contributed by atoms with Crippen molar-refractivity contribution in [1.82, 2.24) is 9.97 Å². The molecule has 1 fully saturated rings. The maximum absolute atomic E-state index is 9.44. The summed E-state index contributed by atoms with van der Waals surface area (Å²) < 4.78 is 5.40. The van der Waals surface area contributed by atoms with Crippen LogP contribution in [0.15, 0.2) is 6.07 Å². The number of aliphatic hydroxyl groups is 1. The summed E-state index contributed by atoms with van der Waals surface area (Å²) in [6, 6.07) is 1.92. The van der Waals surface area contributed by atoms with Gasteiger partial charge in [0.2, 0.25) is 0 Å². The minimum Gasteiger partial charge on any atom is -0.394 e. The van der Waals surface area contributed by atoms with Gasteiger partial charge < -0.3 is 20.1 Å². The zero-order valence-corrected chi connectivity index (χ0v) is 11.6. The number of anilines is 2. The van der Waals surface area contributed by atoms with Gasteiger partial charge in [0.1, 0.15) is 17.5 Å². The first kappa shape index (κ1) is 14.0. The highest BCUT2D eigenvalue weighted by atomic mass is 16.5. The third-order valence-electron chi connectivity index (χ3n) is 3.17. The number of rotatable bonds is 5. The lowest BCUT2D eigenvalue weighted by Crippen LogP contribution is -2.48. The molecule has 6 heteroatoms. The number of hydrogen-bond acceptors (Lipinski definition) is 6. The summed E-state index contributed by atoms with van der Waals surface area (Å²) in [6.07, 6.45) is 0.792. The number of hydrogen-bond donors (Lipinski definition) is 2. The van der Waals surface area contributed by atoms with E-state index < -0.39 is 0 Å². The zero-order valence-electron chi connectivity index (χ0n) is 11.6. The Morgan fingerprint density at radius 2 is 2.32 bits per heavy atom. The van der Waals surface area contributed by atoms with E-state index in [-0.39, 0.29) is 12.6 Å². The molecule has 6 nitrogen and oxygen atoms in total. The van der Waals surface area contributed by atoms with Gasteiger partial charge in [0, 0.05) is 25.6 Å². The monoisotopic (exact) mass is 266 g/mol. The largest absolute Gasteiger partial charge is 0.394 e. The maximum atomic E-state index is 9.44. The van der Waals surface area contributed by atoms with Gasteiger partial charge in [0.25, 0.3) is 0 Å². The van der Waals surface area contributed by atoms with E-state index in [2.05, 4.69) is 20.2 Å². The summed E-state index contributed by atoms with van der Waals surface area (Å²) in [5.74, 6) is 2.52. The van der Waals surface area contributed by atoms with Gasteiger partial charge in [0.15, 0.2) is 0 Å². The molecule has 1 atom stereocenters. The molecule has 19 heavy (non-hydrogen) atoms. The Kier molecular flexibility index (Phi) is 4.93. The molecule has 1 saturated heterocycles. The zero-order chi connectivity index (χ0) is 13.7. The predicted molar refractivity (Wildman–Crippen MR) is 74.6 cm³/mol. The molecule has 2 N–H and O–H groups in total. The molecule has 0 bridgehead atoms. The maximum Gasteiger partial charge on any atom is 0.134 e. The van der Waals surface area contributed by atoms with Crippen molar-refractivity contribution in [2.75, 3.05) is 43.1 Å². The second kappa shape index (κ2) is 6.68. The van der Waals surface area contributed by atoms with Crippen LogP contribution < -0.4 is 10.2 Å². The molecule has 1 unspecified atom stereocenters. The van der Waals surface area contributed by atoms with Crippen LogP contribution in [0.2, 0.25) is 0 Å². The van der Waals surface area contributed by atoms with Crippen molar-refractivity contribution in [1.29, 1.82) is 0 Å². The Bertz CT molecular complexity index is 414. The van der Waals surface area contributed by atoms with Gasteiger partial charge in [-0.1, -0.05) is 6.92 Å². The van der Waals surface area contributed by atoms with Crippen LogP contribution in [-0.4, -0.2) is 54.0 Å². The van der Waals surface area contributed by atoms with Gasteiger partial charge in [-0.3, -0.25) is 0 Å². The summed E-state index contributed by atoms with van der Waals surface area (Å²) >= 11 is 0. The Morgan fingerprint density at radius 1 is 1.47 bits per heavy atom. The van der Waals surface area contributed by atoms with Crippen LogP contribution in [0.25, 0.3) is 0 Å². The van der Waals surface area contributed by atoms with Crippen LogP contribution in [0.4, 0.5) is 11.6 Å². The third kappa shape index (κ3) is 3.33. The minimum atomic E-state index is -0.0252. The number of aromatic nitrogens is 2. The van der Waals surface area contributed by atoms with Crippen molar-refractivity contribution in [2.45, 2.75) is 26.3 Å².